The molecule has 0 saturated carbocycles. The van der Waals surface area contributed by atoms with Crippen molar-refractivity contribution in [1.82, 2.24) is 20.3 Å². The van der Waals surface area contributed by atoms with E-state index in [-0.39, 0.29) is 34.0 Å². The summed E-state index contributed by atoms with van der Waals surface area (Å²) in [6.45, 7) is 3.16. The molecule has 4 aromatic rings. The maximum absolute atomic E-state index is 16.1. The highest BCUT2D eigenvalue weighted by Crippen LogP contribution is 2.42. The van der Waals surface area contributed by atoms with Gasteiger partial charge in [0.1, 0.15) is 28.7 Å². The normalized spacial score (nSPS) is 13.8. The first-order chi connectivity index (χ1) is 17.1. The van der Waals surface area contributed by atoms with Gasteiger partial charge in [-0.25, -0.2) is 23.7 Å². The van der Waals surface area contributed by atoms with Crippen molar-refractivity contribution in [3.05, 3.63) is 71.1 Å². The van der Waals surface area contributed by atoms with Crippen molar-refractivity contribution >= 4 is 34.1 Å². The molecule has 35 heavy (non-hydrogen) atoms. The van der Waals surface area contributed by atoms with Gasteiger partial charge in [0.2, 0.25) is 0 Å². The molecule has 180 valence electrons. The molecule has 0 aliphatic carbocycles. The average molecular weight is 497 g/mol. The lowest BCUT2D eigenvalue weighted by Crippen LogP contribution is -2.44. The van der Waals surface area contributed by atoms with Crippen molar-refractivity contribution in [2.24, 2.45) is 0 Å². The van der Waals surface area contributed by atoms with E-state index in [2.05, 4.69) is 25.5 Å². The van der Waals surface area contributed by atoms with Crippen LogP contribution in [-0.2, 0) is 6.54 Å². The minimum absolute atomic E-state index is 0.0464. The molecule has 1 aliphatic heterocycles. The van der Waals surface area contributed by atoms with Crippen LogP contribution in [-0.4, -0.2) is 48.2 Å². The van der Waals surface area contributed by atoms with Crippen LogP contribution >= 0.6 is 11.6 Å². The molecule has 7 nitrogen and oxygen atoms in total. The number of rotatable bonds is 6. The van der Waals surface area contributed by atoms with Gasteiger partial charge in [-0.05, 0) is 30.3 Å². The second-order valence-electron chi connectivity index (χ2n) is 8.03. The maximum atomic E-state index is 16.1. The van der Waals surface area contributed by atoms with Gasteiger partial charge in [0.25, 0.3) is 0 Å². The zero-order valence-corrected chi connectivity index (χ0v) is 19.7. The summed E-state index contributed by atoms with van der Waals surface area (Å²) in [5.41, 5.74) is -0.0753. The predicted molar refractivity (Wildman–Crippen MR) is 133 cm³/mol. The Morgan fingerprint density at radius 3 is 2.66 bits per heavy atom. The first kappa shape index (κ1) is 23.2. The Labute approximate surface area is 206 Å². The minimum Gasteiger partial charge on any atom is -0.496 e. The van der Waals surface area contributed by atoms with E-state index in [1.54, 1.807) is 18.3 Å². The number of halogens is 3. The summed E-state index contributed by atoms with van der Waals surface area (Å²) in [6.07, 6.45) is 1.67. The Bertz CT molecular complexity index is 1370. The Morgan fingerprint density at radius 2 is 1.91 bits per heavy atom. The van der Waals surface area contributed by atoms with E-state index >= 15 is 4.39 Å². The highest BCUT2D eigenvalue weighted by molar-refractivity contribution is 6.34. The lowest BCUT2D eigenvalue weighted by atomic mass is 10.0. The van der Waals surface area contributed by atoms with E-state index in [1.807, 2.05) is 18.2 Å². The summed E-state index contributed by atoms with van der Waals surface area (Å²) in [7, 11) is 1.40. The molecule has 0 amide bonds. The molecule has 2 aromatic heterocycles. The Hall–Kier alpha value is -3.56. The quantitative estimate of drug-likeness (QED) is 0.402. The summed E-state index contributed by atoms with van der Waals surface area (Å²) in [6, 6.07) is 11.4. The van der Waals surface area contributed by atoms with Crippen molar-refractivity contribution < 1.29 is 13.5 Å². The van der Waals surface area contributed by atoms with Gasteiger partial charge in [-0.1, -0.05) is 23.7 Å². The largest absolute Gasteiger partial charge is 0.496 e. The third kappa shape index (κ3) is 4.56. The molecule has 10 heteroatoms. The van der Waals surface area contributed by atoms with Gasteiger partial charge < -0.3 is 20.3 Å². The van der Waals surface area contributed by atoms with E-state index in [4.69, 9.17) is 21.3 Å². The van der Waals surface area contributed by atoms with E-state index in [1.165, 1.54) is 19.2 Å². The van der Waals surface area contributed by atoms with Crippen molar-refractivity contribution in [2.75, 3.05) is 43.5 Å². The lowest BCUT2D eigenvalue weighted by molar-refractivity contribution is 0.413. The Morgan fingerprint density at radius 1 is 1.09 bits per heavy atom. The number of hydrogen-bond donors (Lipinski definition) is 2. The third-order valence-corrected chi connectivity index (χ3v) is 6.16. The summed E-state index contributed by atoms with van der Waals surface area (Å²) in [5, 5.41) is 6.99. The molecule has 0 radical (unpaired) electrons. The maximum Gasteiger partial charge on any atom is 0.159 e. The molecule has 1 fully saturated rings. The SMILES string of the molecule is COc1cccc(F)c1-c1c(Cl)cc2c(N3CCNCC3)nc(CNc3ccccn3)nc2c1F. The molecule has 0 atom stereocenters. The van der Waals surface area contributed by atoms with Crippen LogP contribution in [0.15, 0.2) is 48.7 Å². The molecule has 3 heterocycles. The fourth-order valence-electron chi connectivity index (χ4n) is 4.20. The summed E-state index contributed by atoms with van der Waals surface area (Å²) >= 11 is 6.57. The van der Waals surface area contributed by atoms with Gasteiger partial charge in [-0.3, -0.25) is 0 Å². The first-order valence-corrected chi connectivity index (χ1v) is 11.6. The molecule has 2 N–H and O–H groups in total. The van der Waals surface area contributed by atoms with Gasteiger partial charge in [0, 0.05) is 43.3 Å². The summed E-state index contributed by atoms with van der Waals surface area (Å²) in [4.78, 5) is 15.6. The van der Waals surface area contributed by atoms with Crippen LogP contribution in [0, 0.1) is 11.6 Å². The fraction of sp³-hybridized carbons (Fsp3) is 0.240. The molecule has 0 unspecified atom stereocenters. The zero-order chi connectivity index (χ0) is 24.4. The van der Waals surface area contributed by atoms with Gasteiger partial charge in [-0.2, -0.15) is 0 Å². The standard InChI is InChI=1S/C25H23ClF2N6O/c1-35-18-6-4-5-17(27)22(18)21-16(26)13-15-24(23(21)28)32-20(14-31-19-7-2-3-8-30-19)33-25(15)34-11-9-29-10-12-34/h2-8,13,29H,9-12,14H2,1H3,(H,30,31). The second-order valence-corrected chi connectivity index (χ2v) is 8.44. The van der Waals surface area contributed by atoms with Crippen molar-refractivity contribution in [1.29, 1.82) is 0 Å². The minimum atomic E-state index is -0.728. The number of piperazine rings is 1. The Kier molecular flexibility index (Phi) is 6.61. The van der Waals surface area contributed by atoms with Crippen LogP contribution in [0.1, 0.15) is 5.82 Å². The highest BCUT2D eigenvalue weighted by atomic mass is 35.5. The smallest absolute Gasteiger partial charge is 0.159 e. The third-order valence-electron chi connectivity index (χ3n) is 5.86. The predicted octanol–water partition coefficient (Wildman–Crippen LogP) is 4.65. The summed E-state index contributed by atoms with van der Waals surface area (Å²) in [5.74, 6) is 0.421. The van der Waals surface area contributed by atoms with E-state index in [9.17, 15) is 4.39 Å². The highest BCUT2D eigenvalue weighted by Gasteiger charge is 2.25. The monoisotopic (exact) mass is 496 g/mol. The number of methoxy groups -OCH3 is 1. The van der Waals surface area contributed by atoms with Gasteiger partial charge in [0.05, 0.1) is 24.2 Å². The fourth-order valence-corrected chi connectivity index (χ4v) is 4.49. The number of benzene rings is 2. The number of ether oxygens (including phenoxy) is 1. The molecule has 2 aromatic carbocycles. The molecule has 0 bridgehead atoms. The average Bonchev–Trinajstić information content (AvgIpc) is 2.89. The van der Waals surface area contributed by atoms with Crippen LogP contribution in [0.4, 0.5) is 20.4 Å². The van der Waals surface area contributed by atoms with Crippen LogP contribution in [0.25, 0.3) is 22.0 Å². The van der Waals surface area contributed by atoms with Crippen LogP contribution in [0.3, 0.4) is 0 Å². The number of hydrogen-bond acceptors (Lipinski definition) is 7. The summed E-state index contributed by atoms with van der Waals surface area (Å²) < 4.78 is 36.3. The van der Waals surface area contributed by atoms with Gasteiger partial charge in [-0.15, -0.1) is 0 Å². The zero-order valence-electron chi connectivity index (χ0n) is 19.0. The van der Waals surface area contributed by atoms with Gasteiger partial charge in [0.15, 0.2) is 11.6 Å². The number of fused-ring (bicyclic) bond motifs is 1. The van der Waals surface area contributed by atoms with E-state index < -0.39 is 11.6 Å². The molecular formula is C25H23ClF2N6O. The number of aromatic nitrogens is 3. The molecular weight excluding hydrogens is 474 g/mol. The number of pyridine rings is 1. The van der Waals surface area contributed by atoms with E-state index in [0.29, 0.717) is 35.9 Å². The van der Waals surface area contributed by atoms with Gasteiger partial charge >= 0.3 is 0 Å². The van der Waals surface area contributed by atoms with Crippen LogP contribution < -0.4 is 20.3 Å². The first-order valence-electron chi connectivity index (χ1n) is 11.2. The van der Waals surface area contributed by atoms with Crippen molar-refractivity contribution in [3.8, 4) is 16.9 Å². The lowest BCUT2D eigenvalue weighted by Gasteiger charge is -2.29. The number of nitrogens with one attached hydrogen (secondary N) is 2. The molecule has 1 saturated heterocycles. The number of anilines is 2. The van der Waals surface area contributed by atoms with Crippen molar-refractivity contribution in [2.45, 2.75) is 6.54 Å². The Balaban J connectivity index is 1.68. The molecule has 0 spiro atoms. The number of nitrogens with zero attached hydrogens (tertiary/aromatic N) is 4. The van der Waals surface area contributed by atoms with Crippen LogP contribution in [0.2, 0.25) is 5.02 Å². The second kappa shape index (κ2) is 9.97. The van der Waals surface area contributed by atoms with E-state index in [0.717, 1.165) is 13.1 Å². The molecule has 5 rings (SSSR count). The van der Waals surface area contributed by atoms with Crippen molar-refractivity contribution in [3.63, 3.8) is 0 Å². The molecule has 1 aliphatic rings. The van der Waals surface area contributed by atoms with Crippen LogP contribution in [0.5, 0.6) is 5.75 Å². The topological polar surface area (TPSA) is 75.2 Å².